The zero-order valence-electron chi connectivity index (χ0n) is 29.0. The molecule has 0 aromatic carbocycles. The molecule has 0 saturated carbocycles. The second kappa shape index (κ2) is 37.5. The van der Waals surface area contributed by atoms with E-state index in [1.165, 1.54) is 161 Å². The average molecular weight is 554 g/mol. The van der Waals surface area contributed by atoms with Gasteiger partial charge in [-0.2, -0.15) is 0 Å². The highest BCUT2D eigenvalue weighted by Crippen LogP contribution is 2.16. The first kappa shape index (κ1) is 42.9. The Morgan fingerprint density at radius 1 is 0.410 bits per heavy atom. The molecular weight excluding hydrogens is 474 g/mol. The van der Waals surface area contributed by atoms with Crippen LogP contribution in [-0.4, -0.2) is 24.4 Å². The number of carbonyl (C=O) groups is 1. The Kier molecular flexibility index (Phi) is 41.2. The van der Waals surface area contributed by atoms with Crippen molar-refractivity contribution in [2.75, 3.05) is 13.1 Å². The number of unbranched alkanes of at least 4 members (excludes halogenated alkanes) is 21. The van der Waals surface area contributed by atoms with E-state index in [2.05, 4.69) is 55.4 Å². The van der Waals surface area contributed by atoms with Gasteiger partial charge < -0.3 is 4.90 Å². The van der Waals surface area contributed by atoms with Crippen molar-refractivity contribution in [2.45, 2.75) is 216 Å². The molecule has 39 heavy (non-hydrogen) atoms. The molecule has 0 heterocycles. The largest absolute Gasteiger partial charge is 0.345 e. The third-order valence-electron chi connectivity index (χ3n) is 7.76. The molecule has 0 aromatic rings. The minimum atomic E-state index is 0.542. The molecule has 0 N–H and O–H groups in total. The fourth-order valence-corrected chi connectivity index (χ4v) is 4.32. The van der Waals surface area contributed by atoms with Crippen molar-refractivity contribution in [3.63, 3.8) is 0 Å². The average Bonchev–Trinajstić information content (AvgIpc) is 2.93. The smallest absolute Gasteiger partial charge is 0.209 e. The van der Waals surface area contributed by atoms with E-state index in [4.69, 9.17) is 0 Å². The van der Waals surface area contributed by atoms with Gasteiger partial charge in [0, 0.05) is 13.1 Å². The van der Waals surface area contributed by atoms with Gasteiger partial charge >= 0.3 is 0 Å². The quantitative estimate of drug-likeness (QED) is 0.0770. The lowest BCUT2D eigenvalue weighted by Crippen LogP contribution is -2.24. The van der Waals surface area contributed by atoms with Crippen LogP contribution in [0.4, 0.5) is 0 Å². The van der Waals surface area contributed by atoms with Crippen LogP contribution in [-0.2, 0) is 4.79 Å². The molecule has 0 aliphatic heterocycles. The summed E-state index contributed by atoms with van der Waals surface area (Å²) in [6, 6.07) is 0. The number of nitrogens with zero attached hydrogens (tertiary/aromatic N) is 1. The molecule has 238 valence electrons. The molecule has 0 aliphatic rings. The number of carbonyl (C=O) groups excluding carboxylic acids is 1. The number of rotatable bonds is 26. The summed E-state index contributed by atoms with van der Waals surface area (Å²) in [6.45, 7) is 19.9. The van der Waals surface area contributed by atoms with E-state index in [-0.39, 0.29) is 0 Å². The second-order valence-corrected chi connectivity index (χ2v) is 13.1. The molecule has 0 atom stereocenters. The predicted molar refractivity (Wildman–Crippen MR) is 181 cm³/mol. The first-order valence-electron chi connectivity index (χ1n) is 18.0. The summed E-state index contributed by atoms with van der Waals surface area (Å²) in [7, 11) is 0. The Labute approximate surface area is 250 Å². The molecule has 2 nitrogen and oxygen atoms in total. The van der Waals surface area contributed by atoms with Gasteiger partial charge in [0.15, 0.2) is 0 Å². The van der Waals surface area contributed by atoms with Crippen LogP contribution in [0, 0.1) is 5.41 Å². The highest BCUT2D eigenvalue weighted by atomic mass is 16.1. The molecule has 0 aliphatic carbocycles. The maximum atomic E-state index is 11.2. The maximum absolute atomic E-state index is 11.2. The van der Waals surface area contributed by atoms with Crippen LogP contribution in [0.25, 0.3) is 0 Å². The molecule has 0 fully saturated rings. The SMILES string of the molecule is CCC(C)(C)C.CCCCCC.CCCCCCCCCCCCCCN(C=O)CCCCCCCCCC. The molecule has 0 spiro atoms. The van der Waals surface area contributed by atoms with E-state index in [9.17, 15) is 4.79 Å². The summed E-state index contributed by atoms with van der Waals surface area (Å²) in [5.41, 5.74) is 0.542. The van der Waals surface area contributed by atoms with E-state index >= 15 is 0 Å². The van der Waals surface area contributed by atoms with Gasteiger partial charge in [0.05, 0.1) is 0 Å². The van der Waals surface area contributed by atoms with Crippen LogP contribution in [0.3, 0.4) is 0 Å². The van der Waals surface area contributed by atoms with E-state index < -0.39 is 0 Å². The number of hydrogen-bond donors (Lipinski definition) is 0. The zero-order chi connectivity index (χ0) is 29.9. The van der Waals surface area contributed by atoms with Crippen molar-refractivity contribution in [2.24, 2.45) is 5.41 Å². The zero-order valence-corrected chi connectivity index (χ0v) is 29.0. The Balaban J connectivity index is -0.000000889. The molecule has 0 radical (unpaired) electrons. The van der Waals surface area contributed by atoms with Crippen LogP contribution in [0.5, 0.6) is 0 Å². The standard InChI is InChI=1S/C25H51NO.2C6H14/c1-3-5-7-9-11-13-14-15-16-18-20-22-24-26(25-27)23-21-19-17-12-10-8-6-4-2;1-5-6(2,3)4;1-3-5-6-4-2/h25H,3-24H2,1-2H3;5H2,1-4H3;3-6H2,1-2H3. The fraction of sp³-hybridized carbons (Fsp3) is 0.973. The summed E-state index contributed by atoms with van der Waals surface area (Å²) < 4.78 is 0. The maximum Gasteiger partial charge on any atom is 0.209 e. The van der Waals surface area contributed by atoms with Crippen LogP contribution in [0.15, 0.2) is 0 Å². The lowest BCUT2D eigenvalue weighted by atomic mass is 9.94. The molecule has 0 bridgehead atoms. The minimum Gasteiger partial charge on any atom is -0.345 e. The molecule has 0 saturated heterocycles. The van der Waals surface area contributed by atoms with Crippen molar-refractivity contribution in [1.82, 2.24) is 4.90 Å². The van der Waals surface area contributed by atoms with Gasteiger partial charge in [0.1, 0.15) is 0 Å². The summed E-state index contributed by atoms with van der Waals surface area (Å²) >= 11 is 0. The third-order valence-corrected chi connectivity index (χ3v) is 7.76. The van der Waals surface area contributed by atoms with Crippen molar-refractivity contribution in [3.8, 4) is 0 Å². The normalized spacial score (nSPS) is 10.9. The minimum absolute atomic E-state index is 0.542. The van der Waals surface area contributed by atoms with Gasteiger partial charge in [0.2, 0.25) is 6.41 Å². The molecule has 2 heteroatoms. The summed E-state index contributed by atoms with van der Waals surface area (Å²) in [5.74, 6) is 0. The first-order chi connectivity index (χ1) is 18.8. The number of amides is 1. The predicted octanol–water partition coefficient (Wildman–Crippen LogP) is 13.3. The summed E-state index contributed by atoms with van der Waals surface area (Å²) in [6.07, 6.45) is 35.1. The van der Waals surface area contributed by atoms with E-state index in [0.29, 0.717) is 5.41 Å². The Hall–Kier alpha value is -0.530. The van der Waals surface area contributed by atoms with Crippen LogP contribution in [0.2, 0.25) is 0 Å². The lowest BCUT2D eigenvalue weighted by Gasteiger charge is -2.17. The Morgan fingerprint density at radius 2 is 0.615 bits per heavy atom. The van der Waals surface area contributed by atoms with Crippen LogP contribution >= 0.6 is 0 Å². The lowest BCUT2D eigenvalue weighted by molar-refractivity contribution is -0.118. The molecule has 0 aromatic heterocycles. The van der Waals surface area contributed by atoms with E-state index in [1.807, 2.05) is 4.90 Å². The fourth-order valence-electron chi connectivity index (χ4n) is 4.32. The topological polar surface area (TPSA) is 20.3 Å². The molecular formula is C37H79NO. The summed E-state index contributed by atoms with van der Waals surface area (Å²) in [5, 5.41) is 0. The van der Waals surface area contributed by atoms with Gasteiger partial charge in [-0.1, -0.05) is 203 Å². The van der Waals surface area contributed by atoms with E-state index in [0.717, 1.165) is 19.5 Å². The van der Waals surface area contributed by atoms with Crippen LogP contribution < -0.4 is 0 Å². The highest BCUT2D eigenvalue weighted by molar-refractivity contribution is 5.46. The van der Waals surface area contributed by atoms with Crippen molar-refractivity contribution >= 4 is 6.41 Å². The van der Waals surface area contributed by atoms with Gasteiger partial charge in [-0.15, -0.1) is 0 Å². The van der Waals surface area contributed by atoms with Gasteiger partial charge in [0.25, 0.3) is 0 Å². The highest BCUT2D eigenvalue weighted by Gasteiger charge is 2.03. The molecule has 1 amide bonds. The summed E-state index contributed by atoms with van der Waals surface area (Å²) in [4.78, 5) is 13.2. The number of hydrogen-bond acceptors (Lipinski definition) is 1. The van der Waals surface area contributed by atoms with Crippen molar-refractivity contribution in [3.05, 3.63) is 0 Å². The van der Waals surface area contributed by atoms with E-state index in [1.54, 1.807) is 0 Å². The first-order valence-corrected chi connectivity index (χ1v) is 18.0. The van der Waals surface area contributed by atoms with Gasteiger partial charge in [-0.25, -0.2) is 0 Å². The van der Waals surface area contributed by atoms with Gasteiger partial charge in [-0.3, -0.25) is 4.79 Å². The van der Waals surface area contributed by atoms with Crippen LogP contribution in [0.1, 0.15) is 216 Å². The Morgan fingerprint density at radius 3 is 0.821 bits per heavy atom. The van der Waals surface area contributed by atoms with Crippen molar-refractivity contribution in [1.29, 1.82) is 0 Å². The molecule has 0 rings (SSSR count). The second-order valence-electron chi connectivity index (χ2n) is 13.1. The van der Waals surface area contributed by atoms with Crippen molar-refractivity contribution < 1.29 is 4.79 Å². The van der Waals surface area contributed by atoms with Gasteiger partial charge in [-0.05, 0) is 18.3 Å². The third kappa shape index (κ3) is 47.6. The monoisotopic (exact) mass is 554 g/mol. The Bertz CT molecular complexity index is 410. The molecule has 0 unspecified atom stereocenters.